The summed E-state index contributed by atoms with van der Waals surface area (Å²) in [5.41, 5.74) is 0.574. The van der Waals surface area contributed by atoms with Gasteiger partial charge in [-0.05, 0) is 31.7 Å². The molecular formula is C12H15ClO5S2. The van der Waals surface area contributed by atoms with Crippen molar-refractivity contribution in [3.63, 3.8) is 0 Å². The molecule has 5 nitrogen and oxygen atoms in total. The molecule has 0 amide bonds. The van der Waals surface area contributed by atoms with Crippen LogP contribution in [-0.4, -0.2) is 33.7 Å². The molecule has 1 aliphatic rings. The molecular weight excluding hydrogens is 324 g/mol. The summed E-state index contributed by atoms with van der Waals surface area (Å²) in [6.45, 7) is 2.42. The van der Waals surface area contributed by atoms with Crippen molar-refractivity contribution >= 4 is 37.0 Å². The summed E-state index contributed by atoms with van der Waals surface area (Å²) in [7, 11) is 1.47. The number of halogens is 1. The van der Waals surface area contributed by atoms with E-state index in [1.807, 2.05) is 0 Å². The normalized spacial score (nSPS) is 19.8. The van der Waals surface area contributed by atoms with Crippen LogP contribution in [0.4, 0.5) is 0 Å². The third-order valence-electron chi connectivity index (χ3n) is 3.11. The van der Waals surface area contributed by atoms with E-state index in [1.54, 1.807) is 6.92 Å². The Bertz CT molecular complexity index is 587. The molecule has 112 valence electrons. The number of carbonyl (C=O) groups is 1. The Morgan fingerprint density at radius 2 is 2.30 bits per heavy atom. The van der Waals surface area contributed by atoms with Crippen LogP contribution in [0.5, 0.6) is 0 Å². The largest absolute Gasteiger partial charge is 0.459 e. The molecule has 0 spiro atoms. The summed E-state index contributed by atoms with van der Waals surface area (Å²) < 4.78 is 33.2. The fraction of sp³-hybridized carbons (Fsp3) is 0.583. The van der Waals surface area contributed by atoms with Gasteiger partial charge < -0.3 is 9.47 Å². The standard InChI is InChI=1S/C12H15ClO5S2/c1-8-10(7-19-12(8)20(13,15)16)11(14)18-6-9-4-2-3-5-17-9/h7,9H,2-6H2,1H3. The highest BCUT2D eigenvalue weighted by Crippen LogP contribution is 2.29. The summed E-state index contributed by atoms with van der Waals surface area (Å²) in [5.74, 6) is -0.542. The SMILES string of the molecule is Cc1c(C(=O)OCC2CCCCO2)csc1S(=O)(=O)Cl. The van der Waals surface area contributed by atoms with Crippen molar-refractivity contribution in [1.29, 1.82) is 0 Å². The Hall–Kier alpha value is -0.630. The minimum atomic E-state index is -3.82. The number of esters is 1. The number of rotatable bonds is 4. The van der Waals surface area contributed by atoms with E-state index in [0.717, 1.165) is 30.6 Å². The fourth-order valence-corrected chi connectivity index (χ4v) is 4.56. The molecule has 20 heavy (non-hydrogen) atoms. The van der Waals surface area contributed by atoms with Crippen LogP contribution in [0.25, 0.3) is 0 Å². The smallest absolute Gasteiger partial charge is 0.339 e. The molecule has 1 aromatic rings. The lowest BCUT2D eigenvalue weighted by Crippen LogP contribution is -2.26. The van der Waals surface area contributed by atoms with Gasteiger partial charge in [-0.1, -0.05) is 0 Å². The molecule has 0 radical (unpaired) electrons. The Morgan fingerprint density at radius 1 is 1.55 bits per heavy atom. The summed E-state index contributed by atoms with van der Waals surface area (Å²) in [5, 5.41) is 1.45. The molecule has 1 saturated heterocycles. The van der Waals surface area contributed by atoms with Gasteiger partial charge in [0, 0.05) is 22.7 Å². The lowest BCUT2D eigenvalue weighted by molar-refractivity contribution is -0.0300. The van der Waals surface area contributed by atoms with Crippen molar-refractivity contribution in [2.24, 2.45) is 0 Å². The highest BCUT2D eigenvalue weighted by molar-refractivity contribution is 8.15. The molecule has 8 heteroatoms. The van der Waals surface area contributed by atoms with Crippen molar-refractivity contribution < 1.29 is 22.7 Å². The molecule has 0 N–H and O–H groups in total. The van der Waals surface area contributed by atoms with Gasteiger partial charge in [-0.2, -0.15) is 0 Å². The summed E-state index contributed by atoms with van der Waals surface area (Å²) in [6, 6.07) is 0. The molecule has 2 heterocycles. The third kappa shape index (κ3) is 3.72. The molecule has 0 saturated carbocycles. The van der Waals surface area contributed by atoms with Gasteiger partial charge in [0.2, 0.25) is 0 Å². The molecule has 0 bridgehead atoms. The maximum absolute atomic E-state index is 11.9. The number of thiophene rings is 1. The molecule has 1 atom stereocenters. The van der Waals surface area contributed by atoms with Crippen LogP contribution >= 0.6 is 22.0 Å². The first kappa shape index (κ1) is 15.8. The van der Waals surface area contributed by atoms with Gasteiger partial charge in [-0.25, -0.2) is 13.2 Å². The quantitative estimate of drug-likeness (QED) is 0.623. The number of ether oxygens (including phenoxy) is 2. The van der Waals surface area contributed by atoms with Crippen LogP contribution in [0.1, 0.15) is 35.2 Å². The Kier molecular flexibility index (Phi) is 5.06. The zero-order valence-corrected chi connectivity index (χ0v) is 13.3. The average molecular weight is 339 g/mol. The molecule has 1 unspecified atom stereocenters. The highest BCUT2D eigenvalue weighted by Gasteiger charge is 2.24. The van der Waals surface area contributed by atoms with E-state index in [4.69, 9.17) is 20.2 Å². The number of carbonyl (C=O) groups excluding carboxylic acids is 1. The van der Waals surface area contributed by atoms with Crippen LogP contribution < -0.4 is 0 Å². The van der Waals surface area contributed by atoms with E-state index in [1.165, 1.54) is 5.38 Å². The van der Waals surface area contributed by atoms with Crippen LogP contribution in [-0.2, 0) is 18.5 Å². The van der Waals surface area contributed by atoms with Crippen molar-refractivity contribution in [3.05, 3.63) is 16.5 Å². The second-order valence-electron chi connectivity index (χ2n) is 4.59. The van der Waals surface area contributed by atoms with E-state index in [9.17, 15) is 13.2 Å². The fourth-order valence-electron chi connectivity index (χ4n) is 2.03. The van der Waals surface area contributed by atoms with Gasteiger partial charge in [-0.15, -0.1) is 11.3 Å². The second kappa shape index (κ2) is 6.43. The molecule has 1 fully saturated rings. The lowest BCUT2D eigenvalue weighted by Gasteiger charge is -2.22. The predicted octanol–water partition coefficient (Wildman–Crippen LogP) is 2.71. The van der Waals surface area contributed by atoms with E-state index in [0.29, 0.717) is 12.2 Å². The summed E-state index contributed by atoms with van der Waals surface area (Å²) in [6.07, 6.45) is 2.90. The first-order valence-electron chi connectivity index (χ1n) is 6.21. The topological polar surface area (TPSA) is 69.7 Å². The van der Waals surface area contributed by atoms with Gasteiger partial charge in [-0.3, -0.25) is 0 Å². The maximum Gasteiger partial charge on any atom is 0.339 e. The van der Waals surface area contributed by atoms with Crippen LogP contribution in [0.3, 0.4) is 0 Å². The van der Waals surface area contributed by atoms with Crippen molar-refractivity contribution in [2.45, 2.75) is 36.5 Å². The van der Waals surface area contributed by atoms with E-state index >= 15 is 0 Å². The van der Waals surface area contributed by atoms with Crippen molar-refractivity contribution in [2.75, 3.05) is 13.2 Å². The average Bonchev–Trinajstić information content (AvgIpc) is 2.79. The van der Waals surface area contributed by atoms with Crippen molar-refractivity contribution in [1.82, 2.24) is 0 Å². The molecule has 1 aromatic heterocycles. The first-order chi connectivity index (χ1) is 9.39. The minimum absolute atomic E-state index is 0.0139. The first-order valence-corrected chi connectivity index (χ1v) is 9.40. The van der Waals surface area contributed by atoms with Gasteiger partial charge >= 0.3 is 5.97 Å². The highest BCUT2D eigenvalue weighted by atomic mass is 35.7. The molecule has 1 aliphatic heterocycles. The summed E-state index contributed by atoms with van der Waals surface area (Å²) in [4.78, 5) is 11.9. The number of hydrogen-bond donors (Lipinski definition) is 0. The molecule has 0 aromatic carbocycles. The Balaban J connectivity index is 2.01. The van der Waals surface area contributed by atoms with Gasteiger partial charge in [0.15, 0.2) is 0 Å². The minimum Gasteiger partial charge on any atom is -0.459 e. The maximum atomic E-state index is 11.9. The monoisotopic (exact) mass is 338 g/mol. The Morgan fingerprint density at radius 3 is 2.85 bits per heavy atom. The number of hydrogen-bond acceptors (Lipinski definition) is 6. The zero-order valence-electron chi connectivity index (χ0n) is 10.9. The van der Waals surface area contributed by atoms with Crippen LogP contribution in [0.15, 0.2) is 9.59 Å². The van der Waals surface area contributed by atoms with Crippen LogP contribution in [0.2, 0.25) is 0 Å². The Labute approximate surface area is 126 Å². The van der Waals surface area contributed by atoms with E-state index < -0.39 is 15.0 Å². The predicted molar refractivity (Wildman–Crippen MR) is 76.0 cm³/mol. The molecule has 2 rings (SSSR count). The zero-order chi connectivity index (χ0) is 14.8. The van der Waals surface area contributed by atoms with Crippen LogP contribution in [0, 0.1) is 6.92 Å². The second-order valence-corrected chi connectivity index (χ2v) is 8.23. The van der Waals surface area contributed by atoms with Gasteiger partial charge in [0.1, 0.15) is 10.8 Å². The molecule has 0 aliphatic carbocycles. The van der Waals surface area contributed by atoms with Crippen molar-refractivity contribution in [3.8, 4) is 0 Å². The van der Waals surface area contributed by atoms with Gasteiger partial charge in [0.05, 0.1) is 11.7 Å². The van der Waals surface area contributed by atoms with E-state index in [-0.39, 0.29) is 22.5 Å². The summed E-state index contributed by atoms with van der Waals surface area (Å²) >= 11 is 0.921. The van der Waals surface area contributed by atoms with Gasteiger partial charge in [0.25, 0.3) is 9.05 Å². The van der Waals surface area contributed by atoms with E-state index in [2.05, 4.69) is 0 Å². The lowest BCUT2D eigenvalue weighted by atomic mass is 10.1. The third-order valence-corrected chi connectivity index (χ3v) is 6.42.